The first-order chi connectivity index (χ1) is 20.4. The Kier molecular flexibility index (Phi) is 7.84. The van der Waals surface area contributed by atoms with Crippen molar-refractivity contribution in [3.63, 3.8) is 0 Å². The minimum Gasteiger partial charge on any atom is -0.497 e. The van der Waals surface area contributed by atoms with E-state index in [-0.39, 0.29) is 11.5 Å². The highest BCUT2D eigenvalue weighted by Crippen LogP contribution is 2.57. The van der Waals surface area contributed by atoms with Crippen LogP contribution in [0.1, 0.15) is 57.5 Å². The molecule has 2 heterocycles. The lowest BCUT2D eigenvalue weighted by atomic mass is 9.71. The van der Waals surface area contributed by atoms with Gasteiger partial charge in [0.15, 0.2) is 5.78 Å². The molecule has 3 aromatic carbocycles. The zero-order valence-electron chi connectivity index (χ0n) is 24.6. The molecule has 0 spiro atoms. The molecule has 4 unspecified atom stereocenters. The second kappa shape index (κ2) is 11.4. The number of methoxy groups -OCH3 is 1. The molecule has 1 aromatic heterocycles. The molecule has 0 bridgehead atoms. The summed E-state index contributed by atoms with van der Waals surface area (Å²) in [4.78, 5) is 43.6. The number of carbonyl (C=O) groups excluding carboxylic acids is 2. The number of urea groups is 1. The first-order valence-electron chi connectivity index (χ1n) is 13.9. The van der Waals surface area contributed by atoms with E-state index in [2.05, 4.69) is 5.32 Å². The Balaban J connectivity index is 1.78. The minimum atomic E-state index is -1.90. The number of Topliss-reactive ketones (excluding diaryl/α,β-unsaturated/α-hetero) is 1. The van der Waals surface area contributed by atoms with Crippen LogP contribution in [-0.2, 0) is 4.79 Å². The number of aryl methyl sites for hydroxylation is 3. The first kappa shape index (κ1) is 29.6. The van der Waals surface area contributed by atoms with Gasteiger partial charge < -0.3 is 19.6 Å². The second-order valence-electron chi connectivity index (χ2n) is 11.1. The molecule has 1 aliphatic rings. The van der Waals surface area contributed by atoms with Crippen LogP contribution in [0.3, 0.4) is 0 Å². The Morgan fingerprint density at radius 1 is 0.953 bits per heavy atom. The normalized spacial score (nSPS) is 21.4. The second-order valence-corrected chi connectivity index (χ2v) is 11.1. The van der Waals surface area contributed by atoms with Crippen molar-refractivity contribution in [1.82, 2.24) is 4.90 Å². The number of likely N-dealkylation sites (tertiary alicyclic amines) is 1. The number of nitrogens with one attached hydrogen (secondary N) is 1. The SMILES string of the molecule is COc1ccc(C2C(C(=O)c3cc(C)oc3C)C(c3cccc(C)c3)N(C(=O)Nc3ccc(F)cc3)C2(C)C(=O)O)cc1. The van der Waals surface area contributed by atoms with Gasteiger partial charge in [0.25, 0.3) is 0 Å². The molecule has 43 heavy (non-hydrogen) atoms. The fourth-order valence-electron chi connectivity index (χ4n) is 6.32. The van der Waals surface area contributed by atoms with Crippen molar-refractivity contribution in [2.24, 2.45) is 5.92 Å². The van der Waals surface area contributed by atoms with Gasteiger partial charge >= 0.3 is 12.0 Å². The molecule has 1 aliphatic heterocycles. The number of hydrogen-bond acceptors (Lipinski definition) is 5. The molecule has 8 nitrogen and oxygen atoms in total. The number of rotatable bonds is 7. The largest absolute Gasteiger partial charge is 0.497 e. The van der Waals surface area contributed by atoms with Crippen molar-refractivity contribution in [2.75, 3.05) is 12.4 Å². The average molecular weight is 585 g/mol. The fraction of sp³-hybridized carbons (Fsp3) is 0.265. The highest BCUT2D eigenvalue weighted by Gasteiger charge is 2.65. The Morgan fingerprint density at radius 3 is 2.19 bits per heavy atom. The number of hydrogen-bond donors (Lipinski definition) is 2. The van der Waals surface area contributed by atoms with E-state index in [1.807, 2.05) is 25.1 Å². The van der Waals surface area contributed by atoms with Crippen molar-refractivity contribution in [3.05, 3.63) is 118 Å². The fourth-order valence-corrected chi connectivity index (χ4v) is 6.32. The lowest BCUT2D eigenvalue weighted by molar-refractivity contribution is -0.148. The highest BCUT2D eigenvalue weighted by atomic mass is 19.1. The molecule has 2 N–H and O–H groups in total. The van der Waals surface area contributed by atoms with Crippen LogP contribution in [0, 0.1) is 32.5 Å². The van der Waals surface area contributed by atoms with E-state index in [9.17, 15) is 23.9 Å². The molecule has 0 radical (unpaired) electrons. The van der Waals surface area contributed by atoms with Crippen LogP contribution in [0.25, 0.3) is 0 Å². The van der Waals surface area contributed by atoms with E-state index in [0.29, 0.717) is 34.0 Å². The maximum Gasteiger partial charge on any atom is 0.330 e. The summed E-state index contributed by atoms with van der Waals surface area (Å²) in [6.45, 7) is 6.78. The maximum atomic E-state index is 14.7. The van der Waals surface area contributed by atoms with E-state index in [0.717, 1.165) is 5.56 Å². The third kappa shape index (κ3) is 5.27. The van der Waals surface area contributed by atoms with Gasteiger partial charge in [-0.25, -0.2) is 14.0 Å². The zero-order chi connectivity index (χ0) is 31.1. The van der Waals surface area contributed by atoms with Crippen molar-refractivity contribution in [1.29, 1.82) is 0 Å². The van der Waals surface area contributed by atoms with Crippen LogP contribution in [0.2, 0.25) is 0 Å². The summed E-state index contributed by atoms with van der Waals surface area (Å²) in [5, 5.41) is 13.7. The van der Waals surface area contributed by atoms with Gasteiger partial charge in [0.1, 0.15) is 28.6 Å². The third-order valence-electron chi connectivity index (χ3n) is 8.30. The third-order valence-corrected chi connectivity index (χ3v) is 8.30. The molecule has 4 atom stereocenters. The number of carboxylic acid groups (broad SMARTS) is 1. The molecule has 0 saturated carbocycles. The number of carbonyl (C=O) groups is 3. The molecule has 4 aromatic rings. The number of halogens is 1. The number of nitrogens with zero attached hydrogens (tertiary/aromatic N) is 1. The van der Waals surface area contributed by atoms with Gasteiger partial charge in [-0.05, 0) is 81.3 Å². The van der Waals surface area contributed by atoms with Crippen LogP contribution in [-0.4, -0.2) is 40.4 Å². The summed E-state index contributed by atoms with van der Waals surface area (Å²) in [6, 6.07) is 19.3. The lowest BCUT2D eigenvalue weighted by Crippen LogP contribution is -2.55. The number of amides is 2. The number of ether oxygens (including phenoxy) is 1. The van der Waals surface area contributed by atoms with Gasteiger partial charge in [-0.1, -0.05) is 42.0 Å². The van der Waals surface area contributed by atoms with Crippen LogP contribution in [0.15, 0.2) is 83.3 Å². The Bertz CT molecular complexity index is 1680. The van der Waals surface area contributed by atoms with Gasteiger partial charge in [0, 0.05) is 11.6 Å². The van der Waals surface area contributed by atoms with Gasteiger partial charge in [0.05, 0.1) is 24.6 Å². The molecule has 222 valence electrons. The highest BCUT2D eigenvalue weighted by molar-refractivity contribution is 6.04. The predicted molar refractivity (Wildman–Crippen MR) is 159 cm³/mol. The number of furan rings is 1. The Hall–Kier alpha value is -4.92. The van der Waals surface area contributed by atoms with E-state index >= 15 is 0 Å². The summed E-state index contributed by atoms with van der Waals surface area (Å²) in [5.41, 5.74) is 0.736. The molecule has 2 amide bonds. The topological polar surface area (TPSA) is 109 Å². The summed E-state index contributed by atoms with van der Waals surface area (Å²) in [5.74, 6) is -2.60. The molecule has 1 saturated heterocycles. The molecule has 1 fully saturated rings. The lowest BCUT2D eigenvalue weighted by Gasteiger charge is -2.37. The van der Waals surface area contributed by atoms with Crippen molar-refractivity contribution in [3.8, 4) is 5.75 Å². The van der Waals surface area contributed by atoms with Crippen LogP contribution < -0.4 is 10.1 Å². The quantitative estimate of drug-likeness (QED) is 0.225. The summed E-state index contributed by atoms with van der Waals surface area (Å²) in [6.07, 6.45) is 0. The zero-order valence-corrected chi connectivity index (χ0v) is 24.6. The molecule has 5 rings (SSSR count). The summed E-state index contributed by atoms with van der Waals surface area (Å²) < 4.78 is 24.7. The van der Waals surface area contributed by atoms with Gasteiger partial charge in [-0.3, -0.25) is 9.69 Å². The average Bonchev–Trinajstić information content (AvgIpc) is 3.47. The van der Waals surface area contributed by atoms with E-state index in [4.69, 9.17) is 9.15 Å². The standard InChI is InChI=1S/C34H33FN2O6/c1-19-7-6-8-23(17-19)30-28(31(38)27-18-20(2)43-21(27)3)29(22-9-15-26(42-5)16-10-22)34(4,32(39)40)37(30)33(41)36-25-13-11-24(35)12-14-25/h6-18,28-30H,1-5H3,(H,36,41)(H,39,40). The van der Waals surface area contributed by atoms with Gasteiger partial charge in [0.2, 0.25) is 0 Å². The Labute approximate surface area is 249 Å². The molecular weight excluding hydrogens is 551 g/mol. The maximum absolute atomic E-state index is 14.7. The smallest absolute Gasteiger partial charge is 0.330 e. The molecule has 9 heteroatoms. The monoisotopic (exact) mass is 584 g/mol. The number of carboxylic acids is 1. The van der Waals surface area contributed by atoms with Crippen molar-refractivity contribution >= 4 is 23.5 Å². The van der Waals surface area contributed by atoms with Crippen LogP contribution in [0.4, 0.5) is 14.9 Å². The predicted octanol–water partition coefficient (Wildman–Crippen LogP) is 7.07. The van der Waals surface area contributed by atoms with E-state index < -0.39 is 41.2 Å². The summed E-state index contributed by atoms with van der Waals surface area (Å²) in [7, 11) is 1.53. The summed E-state index contributed by atoms with van der Waals surface area (Å²) >= 11 is 0. The van der Waals surface area contributed by atoms with Gasteiger partial charge in [-0.2, -0.15) is 0 Å². The van der Waals surface area contributed by atoms with Gasteiger partial charge in [-0.15, -0.1) is 0 Å². The van der Waals surface area contributed by atoms with Crippen LogP contribution in [0.5, 0.6) is 5.75 Å². The van der Waals surface area contributed by atoms with Crippen molar-refractivity contribution < 1.29 is 33.0 Å². The number of aliphatic carboxylic acids is 1. The van der Waals surface area contributed by atoms with Crippen molar-refractivity contribution in [2.45, 2.75) is 45.2 Å². The number of ketones is 1. The molecule has 0 aliphatic carbocycles. The van der Waals surface area contributed by atoms with E-state index in [1.165, 1.54) is 43.2 Å². The van der Waals surface area contributed by atoms with Crippen LogP contribution >= 0.6 is 0 Å². The molecular formula is C34H33FN2O6. The number of benzene rings is 3. The number of anilines is 1. The Morgan fingerprint density at radius 2 is 1.63 bits per heavy atom. The first-order valence-corrected chi connectivity index (χ1v) is 13.9. The minimum absolute atomic E-state index is 0.277. The van der Waals surface area contributed by atoms with E-state index in [1.54, 1.807) is 50.2 Å².